The van der Waals surface area contributed by atoms with E-state index in [9.17, 15) is 8.42 Å². The Morgan fingerprint density at radius 1 is 1.15 bits per heavy atom. The number of anilines is 1. The van der Waals surface area contributed by atoms with Crippen LogP contribution in [0.3, 0.4) is 0 Å². The van der Waals surface area contributed by atoms with Gasteiger partial charge in [0.1, 0.15) is 0 Å². The van der Waals surface area contributed by atoms with Crippen LogP contribution in [0.1, 0.15) is 43.0 Å². The maximum Gasteiger partial charge on any atom is 0.216 e. The van der Waals surface area contributed by atoms with Crippen LogP contribution in [-0.2, 0) is 15.8 Å². The number of benzene rings is 1. The number of hydrogen-bond donors (Lipinski definition) is 1. The van der Waals surface area contributed by atoms with E-state index < -0.39 is 10.0 Å². The molecule has 1 aliphatic rings. The fourth-order valence-corrected chi connectivity index (χ4v) is 4.55. The minimum absolute atomic E-state index is 0.00616. The Bertz CT molecular complexity index is 833. The second-order valence-electron chi connectivity index (χ2n) is 7.24. The Kier molecular flexibility index (Phi) is 5.58. The molecule has 0 amide bonds. The lowest BCUT2D eigenvalue weighted by molar-refractivity contribution is 0.560. The molecule has 7 heteroatoms. The first-order valence-electron chi connectivity index (χ1n) is 8.96. The van der Waals surface area contributed by atoms with Crippen LogP contribution < -0.4 is 9.62 Å². The predicted octanol–water partition coefficient (Wildman–Crippen LogP) is 2.61. The summed E-state index contributed by atoms with van der Waals surface area (Å²) in [6.07, 6.45) is 0.765. The number of aryl methyl sites for hydroxylation is 1. The van der Waals surface area contributed by atoms with E-state index in [2.05, 4.69) is 33.7 Å². The van der Waals surface area contributed by atoms with Crippen LogP contribution in [0.4, 0.5) is 5.82 Å². The van der Waals surface area contributed by atoms with Crippen LogP contribution in [0.5, 0.6) is 0 Å². The molecule has 26 heavy (non-hydrogen) atoms. The van der Waals surface area contributed by atoms with Crippen molar-refractivity contribution < 1.29 is 8.42 Å². The zero-order valence-corrected chi connectivity index (χ0v) is 16.3. The van der Waals surface area contributed by atoms with E-state index in [1.54, 1.807) is 0 Å². The lowest BCUT2D eigenvalue weighted by atomic mass is 10.0. The summed E-state index contributed by atoms with van der Waals surface area (Å²) in [5.74, 6) is 1.24. The minimum Gasteiger partial charge on any atom is -0.353 e. The quantitative estimate of drug-likeness (QED) is 0.841. The zero-order valence-electron chi connectivity index (χ0n) is 15.5. The van der Waals surface area contributed by atoms with Crippen molar-refractivity contribution in [3.05, 3.63) is 53.2 Å². The molecule has 1 saturated heterocycles. The van der Waals surface area contributed by atoms with Gasteiger partial charge in [0.2, 0.25) is 10.0 Å². The largest absolute Gasteiger partial charge is 0.353 e. The van der Waals surface area contributed by atoms with Crippen molar-refractivity contribution in [2.45, 2.75) is 44.9 Å². The third-order valence-corrected chi connectivity index (χ3v) is 6.05. The molecule has 1 aromatic carbocycles. The Hall–Kier alpha value is -1.99. The number of nitrogens with zero attached hydrogens (tertiary/aromatic N) is 3. The van der Waals surface area contributed by atoms with Gasteiger partial charge in [0.05, 0.1) is 11.4 Å². The van der Waals surface area contributed by atoms with Gasteiger partial charge in [0, 0.05) is 19.1 Å². The number of hydrogen-bond acceptors (Lipinski definition) is 5. The first-order valence-corrected chi connectivity index (χ1v) is 10.6. The van der Waals surface area contributed by atoms with Gasteiger partial charge in [0.15, 0.2) is 5.82 Å². The van der Waals surface area contributed by atoms with Gasteiger partial charge in [-0.2, -0.15) is 5.10 Å². The molecule has 2 aromatic rings. The molecular formula is C19H26N4O2S. The SMILES string of the molecule is Cc1ccc(N2CC[C@@H](NS(=O)(=O)Cc3ccc(C(C)C)cc3)C2)nn1. The van der Waals surface area contributed by atoms with Crippen molar-refractivity contribution >= 4 is 15.8 Å². The fraction of sp³-hybridized carbons (Fsp3) is 0.474. The van der Waals surface area contributed by atoms with Crippen LogP contribution in [-0.4, -0.2) is 37.7 Å². The lowest BCUT2D eigenvalue weighted by Crippen LogP contribution is -2.37. The summed E-state index contributed by atoms with van der Waals surface area (Å²) in [4.78, 5) is 2.07. The Morgan fingerprint density at radius 3 is 2.50 bits per heavy atom. The maximum atomic E-state index is 12.5. The summed E-state index contributed by atoms with van der Waals surface area (Å²) in [7, 11) is -3.38. The molecule has 3 rings (SSSR count). The third kappa shape index (κ3) is 4.80. The smallest absolute Gasteiger partial charge is 0.216 e. The number of nitrogens with one attached hydrogen (secondary N) is 1. The van der Waals surface area contributed by atoms with E-state index in [0.29, 0.717) is 12.5 Å². The molecule has 1 atom stereocenters. The van der Waals surface area contributed by atoms with Crippen LogP contribution in [0.2, 0.25) is 0 Å². The second kappa shape index (κ2) is 7.72. The van der Waals surface area contributed by atoms with E-state index in [-0.39, 0.29) is 11.8 Å². The Balaban J connectivity index is 1.58. The van der Waals surface area contributed by atoms with Gasteiger partial charge in [-0.1, -0.05) is 38.1 Å². The third-order valence-electron chi connectivity index (χ3n) is 4.65. The molecule has 0 saturated carbocycles. The highest BCUT2D eigenvalue weighted by molar-refractivity contribution is 7.88. The van der Waals surface area contributed by atoms with Crippen LogP contribution in [0, 0.1) is 6.92 Å². The summed E-state index contributed by atoms with van der Waals surface area (Å²) < 4.78 is 27.8. The number of sulfonamides is 1. The summed E-state index contributed by atoms with van der Waals surface area (Å²) in [5, 5.41) is 8.25. The molecule has 1 N–H and O–H groups in total. The number of aromatic nitrogens is 2. The monoisotopic (exact) mass is 374 g/mol. The normalized spacial score (nSPS) is 17.8. The van der Waals surface area contributed by atoms with Gasteiger partial charge < -0.3 is 4.90 Å². The maximum absolute atomic E-state index is 12.5. The summed E-state index contributed by atoms with van der Waals surface area (Å²) >= 11 is 0. The van der Waals surface area contributed by atoms with Crippen molar-refractivity contribution in [1.82, 2.24) is 14.9 Å². The topological polar surface area (TPSA) is 75.2 Å². The van der Waals surface area contributed by atoms with E-state index in [4.69, 9.17) is 0 Å². The van der Waals surface area contributed by atoms with Crippen molar-refractivity contribution in [2.75, 3.05) is 18.0 Å². The molecule has 1 aromatic heterocycles. The van der Waals surface area contributed by atoms with Crippen LogP contribution in [0.15, 0.2) is 36.4 Å². The predicted molar refractivity (Wildman–Crippen MR) is 104 cm³/mol. The molecule has 0 bridgehead atoms. The van der Waals surface area contributed by atoms with Gasteiger partial charge in [-0.25, -0.2) is 13.1 Å². The molecule has 0 spiro atoms. The van der Waals surface area contributed by atoms with Gasteiger partial charge in [-0.15, -0.1) is 5.10 Å². The van der Waals surface area contributed by atoms with Crippen molar-refractivity contribution in [3.8, 4) is 0 Å². The Morgan fingerprint density at radius 2 is 1.88 bits per heavy atom. The van der Waals surface area contributed by atoms with Crippen molar-refractivity contribution in [3.63, 3.8) is 0 Å². The standard InChI is InChI=1S/C19H26N4O2S/c1-14(2)17-7-5-16(6-8-17)13-26(24,25)22-18-10-11-23(12-18)19-9-4-15(3)20-21-19/h4-9,14,18,22H,10-13H2,1-3H3/t18-/m1/s1. The average molecular weight is 375 g/mol. The molecule has 1 fully saturated rings. The molecular weight excluding hydrogens is 348 g/mol. The highest BCUT2D eigenvalue weighted by atomic mass is 32.2. The summed E-state index contributed by atoms with van der Waals surface area (Å²) in [5.41, 5.74) is 2.89. The second-order valence-corrected chi connectivity index (χ2v) is 8.99. The van der Waals surface area contributed by atoms with E-state index in [1.807, 2.05) is 43.3 Å². The molecule has 1 aliphatic heterocycles. The van der Waals surface area contributed by atoms with E-state index in [0.717, 1.165) is 30.0 Å². The molecule has 0 radical (unpaired) electrons. The lowest BCUT2D eigenvalue weighted by Gasteiger charge is -2.17. The van der Waals surface area contributed by atoms with Gasteiger partial charge in [-0.05, 0) is 42.5 Å². The van der Waals surface area contributed by atoms with E-state index >= 15 is 0 Å². The van der Waals surface area contributed by atoms with Crippen molar-refractivity contribution in [1.29, 1.82) is 0 Å². The van der Waals surface area contributed by atoms with Crippen LogP contribution in [0.25, 0.3) is 0 Å². The molecule has 0 aliphatic carbocycles. The molecule has 6 nitrogen and oxygen atoms in total. The summed E-state index contributed by atoms with van der Waals surface area (Å²) in [6, 6.07) is 11.6. The zero-order chi connectivity index (χ0) is 18.7. The highest BCUT2D eigenvalue weighted by Gasteiger charge is 2.27. The first kappa shape index (κ1) is 18.8. The molecule has 0 unspecified atom stereocenters. The summed E-state index contributed by atoms with van der Waals surface area (Å²) in [6.45, 7) is 7.53. The van der Waals surface area contributed by atoms with Gasteiger partial charge in [0.25, 0.3) is 0 Å². The average Bonchev–Trinajstić information content (AvgIpc) is 3.03. The first-order chi connectivity index (χ1) is 12.3. The minimum atomic E-state index is -3.38. The van der Waals surface area contributed by atoms with Crippen molar-refractivity contribution in [2.24, 2.45) is 0 Å². The molecule has 140 valence electrons. The van der Waals surface area contributed by atoms with Crippen LogP contribution >= 0.6 is 0 Å². The fourth-order valence-electron chi connectivity index (χ4n) is 3.14. The van der Waals surface area contributed by atoms with Gasteiger partial charge >= 0.3 is 0 Å². The Labute approximate surface area is 155 Å². The highest BCUT2D eigenvalue weighted by Crippen LogP contribution is 2.19. The van der Waals surface area contributed by atoms with Gasteiger partial charge in [-0.3, -0.25) is 0 Å². The molecule has 2 heterocycles. The van der Waals surface area contributed by atoms with E-state index in [1.165, 1.54) is 5.56 Å². The number of rotatable bonds is 6.